The van der Waals surface area contributed by atoms with Crippen LogP contribution in [0.25, 0.3) is 55.4 Å². The van der Waals surface area contributed by atoms with E-state index in [2.05, 4.69) is 63.3 Å². The number of nitrogens with one attached hydrogen (secondary N) is 3. The third-order valence-electron chi connectivity index (χ3n) is 6.84. The molecule has 0 aliphatic carbocycles. The van der Waals surface area contributed by atoms with Gasteiger partial charge in [-0.1, -0.05) is 50.3 Å². The van der Waals surface area contributed by atoms with Crippen LogP contribution in [0.1, 0.15) is 26.2 Å². The smallest absolute Gasteiger partial charge is 0.123 e. The molecule has 0 bridgehead atoms. The Labute approximate surface area is 220 Å². The van der Waals surface area contributed by atoms with Crippen LogP contribution in [0.4, 0.5) is 10.1 Å². The summed E-state index contributed by atoms with van der Waals surface area (Å²) in [5.41, 5.74) is 9.44. The van der Waals surface area contributed by atoms with Gasteiger partial charge in [0.15, 0.2) is 0 Å². The van der Waals surface area contributed by atoms with Gasteiger partial charge in [-0.3, -0.25) is 10.1 Å². The number of anilines is 1. The quantitative estimate of drug-likeness (QED) is 0.195. The van der Waals surface area contributed by atoms with Crippen LogP contribution in [0.3, 0.4) is 0 Å². The lowest BCUT2D eigenvalue weighted by atomic mass is 10.0. The largest absolute Gasteiger partial charge is 0.358 e. The van der Waals surface area contributed by atoms with Crippen LogP contribution in [0.5, 0.6) is 0 Å². The van der Waals surface area contributed by atoms with E-state index >= 15 is 0 Å². The molecule has 0 radical (unpaired) electrons. The molecule has 0 saturated heterocycles. The molecule has 3 N–H and O–H groups in total. The number of allylic oxidation sites excluding steroid dienone is 1. The molecule has 0 atom stereocenters. The number of H-pyrrole nitrogens is 2. The lowest BCUT2D eigenvalue weighted by Gasteiger charge is -2.10. The first-order valence-corrected chi connectivity index (χ1v) is 12.9. The number of hydrogen-bond acceptors (Lipinski definition) is 3. The maximum atomic E-state index is 13.9. The van der Waals surface area contributed by atoms with E-state index in [1.54, 1.807) is 12.1 Å². The summed E-state index contributed by atoms with van der Waals surface area (Å²) in [7, 11) is 0. The molecule has 188 valence electrons. The minimum atomic E-state index is -0.250. The molecule has 6 rings (SSSR count). The number of unbranched alkanes of at least 4 members (excludes halogenated alkanes) is 1. The highest BCUT2D eigenvalue weighted by molar-refractivity contribution is 6.01. The molecule has 0 saturated carbocycles. The van der Waals surface area contributed by atoms with Gasteiger partial charge in [0.05, 0.1) is 23.1 Å². The molecule has 0 fully saturated rings. The molecule has 38 heavy (non-hydrogen) atoms. The fourth-order valence-corrected chi connectivity index (χ4v) is 4.91. The Bertz CT molecular complexity index is 1780. The third-order valence-corrected chi connectivity index (χ3v) is 6.84. The molecule has 6 heteroatoms. The summed E-state index contributed by atoms with van der Waals surface area (Å²) in [6.07, 6.45) is 6.87. The van der Waals surface area contributed by atoms with E-state index in [0.717, 1.165) is 86.1 Å². The topological polar surface area (TPSA) is 69.4 Å². The summed E-state index contributed by atoms with van der Waals surface area (Å²) in [6.45, 7) is 6.32. The Morgan fingerprint density at radius 2 is 1.79 bits per heavy atom. The second-order valence-electron chi connectivity index (χ2n) is 9.59. The molecular weight excluding hydrogens is 473 g/mol. The van der Waals surface area contributed by atoms with Crippen molar-refractivity contribution in [1.82, 2.24) is 20.2 Å². The summed E-state index contributed by atoms with van der Waals surface area (Å²) in [6, 6.07) is 23.2. The molecule has 3 heterocycles. The van der Waals surface area contributed by atoms with Crippen molar-refractivity contribution in [3.8, 4) is 33.6 Å². The van der Waals surface area contributed by atoms with Crippen LogP contribution in [-0.2, 0) is 0 Å². The number of nitrogens with zero attached hydrogens (tertiary/aromatic N) is 2. The van der Waals surface area contributed by atoms with E-state index in [0.29, 0.717) is 0 Å². The van der Waals surface area contributed by atoms with E-state index in [1.807, 2.05) is 42.7 Å². The second kappa shape index (κ2) is 9.98. The van der Waals surface area contributed by atoms with Crippen LogP contribution in [0.2, 0.25) is 0 Å². The van der Waals surface area contributed by atoms with E-state index in [1.165, 1.54) is 6.07 Å². The summed E-state index contributed by atoms with van der Waals surface area (Å²) in [5, 5.41) is 13.2. The van der Waals surface area contributed by atoms with Crippen molar-refractivity contribution in [2.24, 2.45) is 0 Å². The highest BCUT2D eigenvalue weighted by Gasteiger charge is 2.15. The lowest BCUT2D eigenvalue weighted by Crippen LogP contribution is -1.98. The first-order valence-electron chi connectivity index (χ1n) is 12.9. The Hall–Kier alpha value is -4.71. The van der Waals surface area contributed by atoms with Crippen LogP contribution in [0.15, 0.2) is 97.5 Å². The first kappa shape index (κ1) is 23.7. The number of fused-ring (bicyclic) bond motifs is 2. The molecule has 6 aromatic rings. The minimum Gasteiger partial charge on any atom is -0.358 e. The Morgan fingerprint density at radius 3 is 2.66 bits per heavy atom. The van der Waals surface area contributed by atoms with Gasteiger partial charge in [-0.15, -0.1) is 0 Å². The van der Waals surface area contributed by atoms with Crippen molar-refractivity contribution >= 4 is 27.5 Å². The van der Waals surface area contributed by atoms with Crippen LogP contribution >= 0.6 is 0 Å². The van der Waals surface area contributed by atoms with Gasteiger partial charge in [-0.25, -0.2) is 4.39 Å². The molecule has 3 aromatic carbocycles. The van der Waals surface area contributed by atoms with Gasteiger partial charge in [0, 0.05) is 33.7 Å². The summed E-state index contributed by atoms with van der Waals surface area (Å²) < 4.78 is 13.9. The molecule has 3 aromatic heterocycles. The van der Waals surface area contributed by atoms with Crippen molar-refractivity contribution in [3.05, 3.63) is 103 Å². The lowest BCUT2D eigenvalue weighted by molar-refractivity contribution is 0.628. The molecule has 5 nitrogen and oxygen atoms in total. The first-order chi connectivity index (χ1) is 18.6. The van der Waals surface area contributed by atoms with Crippen LogP contribution in [0, 0.1) is 5.82 Å². The average Bonchev–Trinajstić information content (AvgIpc) is 3.55. The number of halogens is 1. The maximum Gasteiger partial charge on any atom is 0.123 e. The number of aromatic nitrogens is 4. The number of benzene rings is 3. The predicted octanol–water partition coefficient (Wildman–Crippen LogP) is 8.70. The van der Waals surface area contributed by atoms with Crippen LogP contribution in [-0.4, -0.2) is 20.2 Å². The van der Waals surface area contributed by atoms with Gasteiger partial charge >= 0.3 is 0 Å². The third kappa shape index (κ3) is 4.57. The van der Waals surface area contributed by atoms with E-state index in [9.17, 15) is 4.39 Å². The molecule has 0 aliphatic heterocycles. The monoisotopic (exact) mass is 501 g/mol. The Kier molecular flexibility index (Phi) is 6.22. The zero-order chi connectivity index (χ0) is 26.1. The van der Waals surface area contributed by atoms with Crippen molar-refractivity contribution in [2.45, 2.75) is 26.2 Å². The number of pyridine rings is 1. The summed E-state index contributed by atoms with van der Waals surface area (Å²) in [4.78, 5) is 7.97. The van der Waals surface area contributed by atoms with Crippen molar-refractivity contribution in [1.29, 1.82) is 0 Å². The minimum absolute atomic E-state index is 0.250. The predicted molar refractivity (Wildman–Crippen MR) is 154 cm³/mol. The fourth-order valence-electron chi connectivity index (χ4n) is 4.91. The van der Waals surface area contributed by atoms with Crippen molar-refractivity contribution < 1.29 is 4.39 Å². The number of aromatic amines is 2. The van der Waals surface area contributed by atoms with Gasteiger partial charge in [0.25, 0.3) is 0 Å². The Morgan fingerprint density at radius 1 is 0.895 bits per heavy atom. The Balaban J connectivity index is 1.37. The molecule has 0 spiro atoms. The highest BCUT2D eigenvalue weighted by atomic mass is 19.1. The molecule has 0 amide bonds. The number of hydrogen-bond donors (Lipinski definition) is 3. The molecular formula is C32H28FN5. The average molecular weight is 502 g/mol. The van der Waals surface area contributed by atoms with Gasteiger partial charge in [0.2, 0.25) is 0 Å². The standard InChI is InChI=1S/C32H28FN5/c1-3-4-7-20(2)35-25-15-23(18-34-19-25)21-12-13-30-28(16-21)32(38-37-30)31-17-27-26(10-6-11-29(27)36-31)22-8-5-9-24(33)14-22/h5-6,8-19,35-36H,2-4,7H2,1H3,(H,37,38). The zero-order valence-corrected chi connectivity index (χ0v) is 21.2. The van der Waals surface area contributed by atoms with E-state index in [-0.39, 0.29) is 5.82 Å². The van der Waals surface area contributed by atoms with Crippen molar-refractivity contribution in [2.75, 3.05) is 5.32 Å². The fraction of sp³-hybridized carbons (Fsp3) is 0.125. The van der Waals surface area contributed by atoms with Crippen LogP contribution < -0.4 is 5.32 Å². The normalized spacial score (nSPS) is 11.3. The van der Waals surface area contributed by atoms with E-state index < -0.39 is 0 Å². The maximum absolute atomic E-state index is 13.9. The summed E-state index contributed by atoms with van der Waals surface area (Å²) >= 11 is 0. The second-order valence-corrected chi connectivity index (χ2v) is 9.59. The van der Waals surface area contributed by atoms with Gasteiger partial charge in [-0.2, -0.15) is 5.10 Å². The highest BCUT2D eigenvalue weighted by Crippen LogP contribution is 2.35. The van der Waals surface area contributed by atoms with Gasteiger partial charge < -0.3 is 10.3 Å². The van der Waals surface area contributed by atoms with Crippen molar-refractivity contribution in [3.63, 3.8) is 0 Å². The molecule has 0 aliphatic rings. The molecule has 0 unspecified atom stereocenters. The number of rotatable bonds is 8. The van der Waals surface area contributed by atoms with Gasteiger partial charge in [-0.05, 0) is 72.0 Å². The van der Waals surface area contributed by atoms with Gasteiger partial charge in [0.1, 0.15) is 11.5 Å². The SMILES string of the molecule is C=C(CCCC)Nc1cncc(-c2ccc3[nH]nc(-c4cc5c(-c6cccc(F)c6)cccc5[nH]4)c3c2)c1. The zero-order valence-electron chi connectivity index (χ0n) is 21.2. The summed E-state index contributed by atoms with van der Waals surface area (Å²) in [5.74, 6) is -0.250. The van der Waals surface area contributed by atoms with E-state index in [4.69, 9.17) is 0 Å².